The molecule has 0 N–H and O–H groups in total. The van der Waals surface area contributed by atoms with Gasteiger partial charge in [-0.25, -0.2) is 0 Å². The number of nitrogens with zero attached hydrogens (tertiary/aromatic N) is 2. The predicted molar refractivity (Wildman–Crippen MR) is 126 cm³/mol. The van der Waals surface area contributed by atoms with E-state index in [4.69, 9.17) is 0 Å². The van der Waals surface area contributed by atoms with Crippen LogP contribution >= 0.6 is 0 Å². The number of rotatable bonds is 2. The summed E-state index contributed by atoms with van der Waals surface area (Å²) in [6.07, 6.45) is 16.9. The zero-order valence-electron chi connectivity index (χ0n) is 19.8. The Bertz CT molecular complexity index is 920. The second-order valence-corrected chi connectivity index (χ2v) is 11.5. The van der Waals surface area contributed by atoms with Crippen molar-refractivity contribution in [2.45, 2.75) is 65.8 Å². The Balaban J connectivity index is 1.45. The molecule has 4 aliphatic rings. The van der Waals surface area contributed by atoms with Crippen molar-refractivity contribution in [3.8, 4) is 0 Å². The zero-order chi connectivity index (χ0) is 22.0. The monoisotopic (exact) mass is 418 g/mol. The molecule has 1 aromatic rings. The molecule has 0 saturated heterocycles. The van der Waals surface area contributed by atoms with Crippen LogP contribution in [0.2, 0.25) is 0 Å². The average Bonchev–Trinajstić information content (AvgIpc) is 3.02. The lowest BCUT2D eigenvalue weighted by Crippen LogP contribution is -2.59. The van der Waals surface area contributed by atoms with E-state index in [1.807, 2.05) is 30.4 Å². The van der Waals surface area contributed by atoms with Crippen LogP contribution < -0.4 is 0 Å². The maximum atomic E-state index is 12.3. The third kappa shape index (κ3) is 3.06. The van der Waals surface area contributed by atoms with Gasteiger partial charge in [0, 0.05) is 30.9 Å². The van der Waals surface area contributed by atoms with Gasteiger partial charge in [-0.05, 0) is 103 Å². The van der Waals surface area contributed by atoms with Crippen LogP contribution in [0.3, 0.4) is 0 Å². The van der Waals surface area contributed by atoms with E-state index >= 15 is 0 Å². The molecule has 3 nitrogen and oxygen atoms in total. The van der Waals surface area contributed by atoms with Crippen LogP contribution in [0.25, 0.3) is 5.57 Å². The van der Waals surface area contributed by atoms with Crippen molar-refractivity contribution in [3.63, 3.8) is 0 Å². The van der Waals surface area contributed by atoms with Gasteiger partial charge in [-0.15, -0.1) is 0 Å². The molecule has 1 aliphatic heterocycles. The van der Waals surface area contributed by atoms with Crippen molar-refractivity contribution in [1.82, 2.24) is 9.88 Å². The highest BCUT2D eigenvalue weighted by atomic mass is 16.2. The van der Waals surface area contributed by atoms with Gasteiger partial charge in [-0.1, -0.05) is 32.9 Å². The normalized spacial score (nSPS) is 44.6. The predicted octanol–water partition coefficient (Wildman–Crippen LogP) is 5.99. The summed E-state index contributed by atoms with van der Waals surface area (Å²) in [6.45, 7) is 9.80. The lowest BCUT2D eigenvalue weighted by atomic mass is 9.47. The van der Waals surface area contributed by atoms with E-state index in [1.54, 1.807) is 0 Å². The maximum Gasteiger partial charge on any atom is 0.246 e. The van der Waals surface area contributed by atoms with Crippen LogP contribution in [-0.4, -0.2) is 28.9 Å². The van der Waals surface area contributed by atoms with Gasteiger partial charge >= 0.3 is 0 Å². The first kappa shape index (κ1) is 21.0. The summed E-state index contributed by atoms with van der Waals surface area (Å²) in [7, 11) is 2.02. The third-order valence-electron chi connectivity index (χ3n) is 10.1. The fraction of sp³-hybridized carbons (Fsp3) is 0.643. The number of hydrogen-bond acceptors (Lipinski definition) is 2. The summed E-state index contributed by atoms with van der Waals surface area (Å²) in [4.78, 5) is 18.5. The number of carbonyl (C=O) groups is 1. The van der Waals surface area contributed by atoms with Gasteiger partial charge in [0.25, 0.3) is 0 Å². The molecule has 166 valence electrons. The first-order chi connectivity index (χ1) is 14.8. The standard InChI is InChI=1S/C28H38N2O/c1-18(20-10-14-29-15-11-20)16-23-19(2)17-24-21-6-7-25-28(4,13-9-26(31)30(25)5)22(21)8-12-27(23,24)3/h9-11,13-16,19,21-25H,6-8,12,17H2,1-5H3/t19?,21-,22+,23+,24+,25-,27-,28-/m1/s1. The Labute approximate surface area is 188 Å². The Hall–Kier alpha value is -1.90. The first-order valence-corrected chi connectivity index (χ1v) is 12.3. The fourth-order valence-corrected chi connectivity index (χ4v) is 8.48. The largest absolute Gasteiger partial charge is 0.338 e. The molecule has 0 radical (unpaired) electrons. The van der Waals surface area contributed by atoms with E-state index in [0.717, 1.165) is 24.2 Å². The van der Waals surface area contributed by atoms with E-state index in [9.17, 15) is 4.79 Å². The molecule has 0 bridgehead atoms. The molecule has 3 aliphatic carbocycles. The molecular weight excluding hydrogens is 380 g/mol. The van der Waals surface area contributed by atoms with E-state index < -0.39 is 0 Å². The van der Waals surface area contributed by atoms with Crippen molar-refractivity contribution in [2.24, 2.45) is 40.4 Å². The van der Waals surface area contributed by atoms with Crippen LogP contribution in [0.5, 0.6) is 0 Å². The second-order valence-electron chi connectivity index (χ2n) is 11.5. The number of hydrogen-bond donors (Lipinski definition) is 0. The summed E-state index contributed by atoms with van der Waals surface area (Å²) >= 11 is 0. The highest BCUT2D eigenvalue weighted by Gasteiger charge is 2.61. The number of carbonyl (C=O) groups excluding carboxylic acids is 1. The number of amides is 1. The third-order valence-corrected chi connectivity index (χ3v) is 10.1. The number of aromatic nitrogens is 1. The molecule has 1 unspecified atom stereocenters. The minimum Gasteiger partial charge on any atom is -0.338 e. The summed E-state index contributed by atoms with van der Waals surface area (Å²) in [6, 6.07) is 4.65. The van der Waals surface area contributed by atoms with Gasteiger partial charge in [0.1, 0.15) is 0 Å². The molecule has 3 fully saturated rings. The molecule has 3 saturated carbocycles. The molecule has 3 heteroatoms. The summed E-state index contributed by atoms with van der Waals surface area (Å²) in [5, 5.41) is 0. The van der Waals surface area contributed by atoms with E-state index in [1.165, 1.54) is 36.8 Å². The minimum absolute atomic E-state index is 0.136. The van der Waals surface area contributed by atoms with Crippen LogP contribution in [0.1, 0.15) is 65.4 Å². The Kier molecular flexibility index (Phi) is 4.95. The molecular formula is C28H38N2O. The van der Waals surface area contributed by atoms with Gasteiger partial charge in [0.15, 0.2) is 0 Å². The summed E-state index contributed by atoms with van der Waals surface area (Å²) in [5.41, 5.74) is 3.22. The molecule has 0 aromatic carbocycles. The Morgan fingerprint density at radius 3 is 2.65 bits per heavy atom. The van der Waals surface area contributed by atoms with E-state index in [-0.39, 0.29) is 11.3 Å². The number of fused-ring (bicyclic) bond motifs is 5. The molecule has 1 aromatic heterocycles. The Morgan fingerprint density at radius 2 is 1.90 bits per heavy atom. The lowest BCUT2D eigenvalue weighted by molar-refractivity contribution is -0.138. The minimum atomic E-state index is 0.136. The van der Waals surface area contributed by atoms with Crippen LogP contribution in [-0.2, 0) is 4.79 Å². The molecule has 0 spiro atoms. The van der Waals surface area contributed by atoms with E-state index in [2.05, 4.69) is 57.0 Å². The highest BCUT2D eigenvalue weighted by Crippen LogP contribution is 2.67. The molecule has 1 amide bonds. The van der Waals surface area contributed by atoms with Gasteiger partial charge < -0.3 is 4.90 Å². The van der Waals surface area contributed by atoms with E-state index in [0.29, 0.717) is 23.3 Å². The van der Waals surface area contributed by atoms with Gasteiger partial charge in [0.05, 0.1) is 0 Å². The second kappa shape index (κ2) is 7.32. The molecule has 31 heavy (non-hydrogen) atoms. The number of allylic oxidation sites excluding steroid dienone is 2. The molecule has 8 atom stereocenters. The summed E-state index contributed by atoms with van der Waals surface area (Å²) < 4.78 is 0. The average molecular weight is 419 g/mol. The van der Waals surface area contributed by atoms with Crippen molar-refractivity contribution in [1.29, 1.82) is 0 Å². The molecule has 2 heterocycles. The fourth-order valence-electron chi connectivity index (χ4n) is 8.48. The van der Waals surface area contributed by atoms with Crippen LogP contribution in [0.15, 0.2) is 42.8 Å². The summed E-state index contributed by atoms with van der Waals surface area (Å²) in [5.74, 6) is 3.83. The van der Waals surface area contributed by atoms with Gasteiger partial charge in [-0.2, -0.15) is 0 Å². The van der Waals surface area contributed by atoms with Crippen LogP contribution in [0, 0.1) is 40.4 Å². The SMILES string of the molecule is CC(=C[C@H]1C(C)C[C@H]2[C@@H]3CC[C@H]4N(C)C(=O)C=C[C@]4(C)[C@H]3CC[C@]12C)c1ccncc1. The number of pyridine rings is 1. The zero-order valence-corrected chi connectivity index (χ0v) is 19.8. The van der Waals surface area contributed by atoms with Crippen molar-refractivity contribution < 1.29 is 4.79 Å². The Morgan fingerprint density at radius 1 is 1.16 bits per heavy atom. The maximum absolute atomic E-state index is 12.3. The molecule has 5 rings (SSSR count). The number of likely N-dealkylation sites (N-methyl/N-ethyl adjacent to an activating group) is 1. The van der Waals surface area contributed by atoms with Crippen LogP contribution in [0.4, 0.5) is 0 Å². The lowest BCUT2D eigenvalue weighted by Gasteiger charge is -2.60. The van der Waals surface area contributed by atoms with Gasteiger partial charge in [0.2, 0.25) is 5.91 Å². The first-order valence-electron chi connectivity index (χ1n) is 12.3. The quantitative estimate of drug-likeness (QED) is 0.591. The van der Waals surface area contributed by atoms with Crippen molar-refractivity contribution >= 4 is 11.5 Å². The topological polar surface area (TPSA) is 33.2 Å². The highest BCUT2D eigenvalue weighted by molar-refractivity contribution is 5.89. The van der Waals surface area contributed by atoms with Gasteiger partial charge in [-0.3, -0.25) is 9.78 Å². The smallest absolute Gasteiger partial charge is 0.246 e. The van der Waals surface area contributed by atoms with Crippen molar-refractivity contribution in [3.05, 3.63) is 48.3 Å². The van der Waals surface area contributed by atoms with Crippen molar-refractivity contribution in [2.75, 3.05) is 7.05 Å².